The first kappa shape index (κ1) is 10.6. The SMILES string of the molecule is O=C(O)CC1Cc2c(F)cccc2C(=O)N1. The standard InChI is InChI=1S/C11H10FNO3/c12-9-3-1-2-7-8(9)4-6(5-10(14)15)13-11(7)16/h1-3,6H,4-5H2,(H,13,16)(H,14,15). The van der Waals surface area contributed by atoms with Crippen LogP contribution in [0.15, 0.2) is 18.2 Å². The number of carboxylic acid groups (broad SMARTS) is 1. The Morgan fingerprint density at radius 3 is 3.00 bits per heavy atom. The van der Waals surface area contributed by atoms with Gasteiger partial charge in [-0.25, -0.2) is 4.39 Å². The fourth-order valence-electron chi connectivity index (χ4n) is 1.87. The van der Waals surface area contributed by atoms with E-state index in [-0.39, 0.29) is 12.8 Å². The minimum Gasteiger partial charge on any atom is -0.481 e. The monoisotopic (exact) mass is 223 g/mol. The molecule has 1 heterocycles. The van der Waals surface area contributed by atoms with Gasteiger partial charge in [-0.3, -0.25) is 9.59 Å². The number of hydrogen-bond acceptors (Lipinski definition) is 2. The van der Waals surface area contributed by atoms with E-state index in [1.54, 1.807) is 0 Å². The summed E-state index contributed by atoms with van der Waals surface area (Å²) in [5, 5.41) is 11.2. The van der Waals surface area contributed by atoms with Gasteiger partial charge in [0.1, 0.15) is 5.82 Å². The quantitative estimate of drug-likeness (QED) is 0.784. The van der Waals surface area contributed by atoms with Crippen molar-refractivity contribution in [3.8, 4) is 0 Å². The molecule has 5 heteroatoms. The summed E-state index contributed by atoms with van der Waals surface area (Å²) >= 11 is 0. The summed E-state index contributed by atoms with van der Waals surface area (Å²) in [6, 6.07) is 3.74. The first-order valence-electron chi connectivity index (χ1n) is 4.88. The average Bonchev–Trinajstić information content (AvgIpc) is 2.19. The van der Waals surface area contributed by atoms with Crippen LogP contribution in [0, 0.1) is 5.82 Å². The Kier molecular flexibility index (Phi) is 2.60. The molecule has 2 rings (SSSR count). The van der Waals surface area contributed by atoms with Crippen molar-refractivity contribution in [1.82, 2.24) is 5.32 Å². The Morgan fingerprint density at radius 1 is 1.56 bits per heavy atom. The summed E-state index contributed by atoms with van der Waals surface area (Å²) in [5.41, 5.74) is 0.596. The number of benzene rings is 1. The van der Waals surface area contributed by atoms with E-state index in [1.165, 1.54) is 18.2 Å². The lowest BCUT2D eigenvalue weighted by Crippen LogP contribution is -2.42. The molecule has 0 bridgehead atoms. The smallest absolute Gasteiger partial charge is 0.305 e. The predicted molar refractivity (Wildman–Crippen MR) is 53.6 cm³/mol. The lowest BCUT2D eigenvalue weighted by atomic mass is 9.93. The second-order valence-electron chi connectivity index (χ2n) is 3.74. The normalized spacial score (nSPS) is 18.8. The highest BCUT2D eigenvalue weighted by Crippen LogP contribution is 2.20. The van der Waals surface area contributed by atoms with Gasteiger partial charge in [-0.15, -0.1) is 0 Å². The number of hydrogen-bond donors (Lipinski definition) is 2. The molecule has 1 aromatic carbocycles. The second-order valence-corrected chi connectivity index (χ2v) is 3.74. The first-order valence-corrected chi connectivity index (χ1v) is 4.88. The van der Waals surface area contributed by atoms with Crippen LogP contribution in [0.5, 0.6) is 0 Å². The van der Waals surface area contributed by atoms with E-state index in [2.05, 4.69) is 5.32 Å². The third-order valence-electron chi connectivity index (χ3n) is 2.57. The van der Waals surface area contributed by atoms with Gasteiger partial charge in [0.15, 0.2) is 0 Å². The fourth-order valence-corrected chi connectivity index (χ4v) is 1.87. The number of nitrogens with one attached hydrogen (secondary N) is 1. The number of fused-ring (bicyclic) bond motifs is 1. The lowest BCUT2D eigenvalue weighted by molar-refractivity contribution is -0.137. The van der Waals surface area contributed by atoms with E-state index in [0.717, 1.165) is 0 Å². The number of carboxylic acids is 1. The molecule has 1 atom stereocenters. The van der Waals surface area contributed by atoms with Crippen LogP contribution in [0.4, 0.5) is 4.39 Å². The molecule has 16 heavy (non-hydrogen) atoms. The van der Waals surface area contributed by atoms with Crippen molar-refractivity contribution in [2.45, 2.75) is 18.9 Å². The zero-order valence-electron chi connectivity index (χ0n) is 8.37. The molecule has 1 amide bonds. The Bertz CT molecular complexity index is 459. The van der Waals surface area contributed by atoms with Crippen molar-refractivity contribution in [2.24, 2.45) is 0 Å². The zero-order valence-corrected chi connectivity index (χ0v) is 8.37. The lowest BCUT2D eigenvalue weighted by Gasteiger charge is -2.24. The van der Waals surface area contributed by atoms with Crippen LogP contribution in [0.2, 0.25) is 0 Å². The van der Waals surface area contributed by atoms with E-state index in [9.17, 15) is 14.0 Å². The molecular weight excluding hydrogens is 213 g/mol. The summed E-state index contributed by atoms with van der Waals surface area (Å²) in [6.45, 7) is 0. The van der Waals surface area contributed by atoms with Crippen molar-refractivity contribution in [3.63, 3.8) is 0 Å². The van der Waals surface area contributed by atoms with Crippen LogP contribution in [0.1, 0.15) is 22.3 Å². The fraction of sp³-hybridized carbons (Fsp3) is 0.273. The number of aliphatic carboxylic acids is 1. The molecule has 0 saturated heterocycles. The molecule has 2 N–H and O–H groups in total. The molecular formula is C11H10FNO3. The minimum absolute atomic E-state index is 0.195. The van der Waals surface area contributed by atoms with Gasteiger partial charge < -0.3 is 10.4 Å². The largest absolute Gasteiger partial charge is 0.481 e. The summed E-state index contributed by atoms with van der Waals surface area (Å²) in [6.07, 6.45) is 0.0273. The zero-order chi connectivity index (χ0) is 11.7. The van der Waals surface area contributed by atoms with Crippen LogP contribution in [0.3, 0.4) is 0 Å². The summed E-state index contributed by atoms with van der Waals surface area (Å²) in [4.78, 5) is 22.1. The third kappa shape index (κ3) is 1.88. The summed E-state index contributed by atoms with van der Waals surface area (Å²) in [5.74, 6) is -1.88. The van der Waals surface area contributed by atoms with Crippen molar-refractivity contribution in [3.05, 3.63) is 35.1 Å². The van der Waals surface area contributed by atoms with Crippen LogP contribution >= 0.6 is 0 Å². The van der Waals surface area contributed by atoms with E-state index in [1.807, 2.05) is 0 Å². The van der Waals surface area contributed by atoms with Crippen molar-refractivity contribution >= 4 is 11.9 Å². The van der Waals surface area contributed by atoms with Gasteiger partial charge in [0.05, 0.1) is 6.42 Å². The summed E-state index contributed by atoms with van der Waals surface area (Å²) in [7, 11) is 0. The van der Waals surface area contributed by atoms with E-state index >= 15 is 0 Å². The molecule has 0 fully saturated rings. The van der Waals surface area contributed by atoms with Crippen LogP contribution < -0.4 is 5.32 Å². The number of carbonyl (C=O) groups is 2. The van der Waals surface area contributed by atoms with Gasteiger partial charge in [0.2, 0.25) is 0 Å². The molecule has 0 spiro atoms. The van der Waals surface area contributed by atoms with Gasteiger partial charge in [-0.1, -0.05) is 6.07 Å². The van der Waals surface area contributed by atoms with Crippen molar-refractivity contribution < 1.29 is 19.1 Å². The Hall–Kier alpha value is -1.91. The second kappa shape index (κ2) is 3.92. The Labute approximate surface area is 91.1 Å². The molecule has 1 unspecified atom stereocenters. The maximum Gasteiger partial charge on any atom is 0.305 e. The van der Waals surface area contributed by atoms with Gasteiger partial charge >= 0.3 is 5.97 Å². The summed E-state index contributed by atoms with van der Waals surface area (Å²) < 4.78 is 13.4. The van der Waals surface area contributed by atoms with E-state index in [4.69, 9.17) is 5.11 Å². The maximum absolute atomic E-state index is 13.4. The minimum atomic E-state index is -1.01. The Balaban J connectivity index is 2.31. The topological polar surface area (TPSA) is 66.4 Å². The van der Waals surface area contributed by atoms with Crippen LogP contribution in [0.25, 0.3) is 0 Å². The molecule has 1 aliphatic rings. The Morgan fingerprint density at radius 2 is 2.31 bits per heavy atom. The van der Waals surface area contributed by atoms with Gasteiger partial charge in [-0.05, 0) is 18.6 Å². The number of halogens is 1. The molecule has 4 nitrogen and oxygen atoms in total. The van der Waals surface area contributed by atoms with Crippen LogP contribution in [-0.2, 0) is 11.2 Å². The molecule has 1 aliphatic heterocycles. The average molecular weight is 223 g/mol. The van der Waals surface area contributed by atoms with Crippen molar-refractivity contribution in [2.75, 3.05) is 0 Å². The van der Waals surface area contributed by atoms with E-state index in [0.29, 0.717) is 11.1 Å². The van der Waals surface area contributed by atoms with Crippen LogP contribution in [-0.4, -0.2) is 23.0 Å². The molecule has 1 aromatic rings. The third-order valence-corrected chi connectivity index (χ3v) is 2.57. The van der Waals surface area contributed by atoms with Crippen molar-refractivity contribution in [1.29, 1.82) is 0 Å². The molecule has 0 aromatic heterocycles. The number of rotatable bonds is 2. The molecule has 0 saturated carbocycles. The van der Waals surface area contributed by atoms with Gasteiger partial charge in [0, 0.05) is 17.2 Å². The van der Waals surface area contributed by atoms with Gasteiger partial charge in [-0.2, -0.15) is 0 Å². The molecule has 84 valence electrons. The van der Waals surface area contributed by atoms with E-state index < -0.39 is 23.7 Å². The molecule has 0 aliphatic carbocycles. The highest BCUT2D eigenvalue weighted by atomic mass is 19.1. The highest BCUT2D eigenvalue weighted by Gasteiger charge is 2.27. The van der Waals surface area contributed by atoms with Gasteiger partial charge in [0.25, 0.3) is 5.91 Å². The molecule has 0 radical (unpaired) electrons. The predicted octanol–water partition coefficient (Wildman–Crippen LogP) is 0.955. The number of carbonyl (C=O) groups excluding carboxylic acids is 1. The maximum atomic E-state index is 13.4. The highest BCUT2D eigenvalue weighted by molar-refractivity contribution is 5.97. The first-order chi connectivity index (χ1) is 7.58. The number of amides is 1.